The summed E-state index contributed by atoms with van der Waals surface area (Å²) in [5.41, 5.74) is 0.156. The molecule has 1 aliphatic heterocycles. The lowest BCUT2D eigenvalue weighted by molar-refractivity contribution is -0.387. The third kappa shape index (κ3) is 3.33. The van der Waals surface area contributed by atoms with Crippen LogP contribution in [0.4, 0.5) is 14.9 Å². The van der Waals surface area contributed by atoms with Gasteiger partial charge in [-0.05, 0) is 11.6 Å². The summed E-state index contributed by atoms with van der Waals surface area (Å²) in [5, 5.41) is 10.7. The van der Waals surface area contributed by atoms with Gasteiger partial charge in [-0.2, -0.15) is 4.39 Å². The number of benzene rings is 1. The predicted molar refractivity (Wildman–Crippen MR) is 71.1 cm³/mol. The molecule has 2 radical (unpaired) electrons. The van der Waals surface area contributed by atoms with Crippen LogP contribution in [0.5, 0.6) is 0 Å². The number of halogens is 1. The summed E-state index contributed by atoms with van der Waals surface area (Å²) in [6, 6.07) is 3.88. The highest BCUT2D eigenvalue weighted by molar-refractivity contribution is 6.56. The van der Waals surface area contributed by atoms with Gasteiger partial charge in [-0.1, -0.05) is 6.07 Å². The van der Waals surface area contributed by atoms with Crippen molar-refractivity contribution in [2.24, 2.45) is 0 Å². The van der Waals surface area contributed by atoms with E-state index in [2.05, 4.69) is 0 Å². The van der Waals surface area contributed by atoms with Crippen LogP contribution < -0.4 is 0 Å². The topological polar surface area (TPSA) is 66.7 Å². The first-order valence-corrected chi connectivity index (χ1v) is 6.17. The van der Waals surface area contributed by atoms with E-state index >= 15 is 0 Å². The first-order chi connectivity index (χ1) is 9.47. The normalized spacial score (nSPS) is 16.1. The minimum atomic E-state index is -0.836. The van der Waals surface area contributed by atoms with Crippen LogP contribution in [0.1, 0.15) is 5.56 Å². The summed E-state index contributed by atoms with van der Waals surface area (Å²) in [5.74, 6) is -1.28. The number of carbonyl (C=O) groups is 1. The Morgan fingerprint density at radius 1 is 1.35 bits per heavy atom. The number of nitrogens with zero attached hydrogens (tertiary/aromatic N) is 3. The van der Waals surface area contributed by atoms with Gasteiger partial charge in [-0.3, -0.25) is 19.8 Å². The second kappa shape index (κ2) is 6.00. The summed E-state index contributed by atoms with van der Waals surface area (Å²) in [6.07, 6.45) is 0. The summed E-state index contributed by atoms with van der Waals surface area (Å²) >= 11 is 0. The van der Waals surface area contributed by atoms with Gasteiger partial charge in [0, 0.05) is 38.8 Å². The number of amides is 1. The fraction of sp³-hybridized carbons (Fsp3) is 0.417. The molecule has 20 heavy (non-hydrogen) atoms. The van der Waals surface area contributed by atoms with Gasteiger partial charge in [0.1, 0.15) is 0 Å². The standard InChI is InChI=1S/C12H13BFN3O3/c13-12(18)16-5-3-15(4-6-16)8-9-1-2-10(14)11(7-9)17(19)20/h1-2,7H,3-6,8H2. The molecule has 8 heteroatoms. The second-order valence-corrected chi connectivity index (χ2v) is 4.64. The number of nitro benzene ring substituents is 1. The van der Waals surface area contributed by atoms with Gasteiger partial charge < -0.3 is 4.90 Å². The van der Waals surface area contributed by atoms with Gasteiger partial charge >= 0.3 is 5.69 Å². The summed E-state index contributed by atoms with van der Waals surface area (Å²) in [6.45, 7) is 2.80. The first-order valence-electron chi connectivity index (χ1n) is 6.17. The van der Waals surface area contributed by atoms with Gasteiger partial charge in [-0.25, -0.2) is 0 Å². The minimum Gasteiger partial charge on any atom is -0.350 e. The Morgan fingerprint density at radius 3 is 2.55 bits per heavy atom. The van der Waals surface area contributed by atoms with E-state index in [-0.39, 0.29) is 0 Å². The van der Waals surface area contributed by atoms with E-state index in [9.17, 15) is 19.3 Å². The molecule has 1 heterocycles. The zero-order valence-corrected chi connectivity index (χ0v) is 10.8. The second-order valence-electron chi connectivity index (χ2n) is 4.64. The van der Waals surface area contributed by atoms with E-state index < -0.39 is 22.2 Å². The average Bonchev–Trinajstić information content (AvgIpc) is 2.41. The third-order valence-corrected chi connectivity index (χ3v) is 3.30. The van der Waals surface area contributed by atoms with Crippen LogP contribution in [0.25, 0.3) is 0 Å². The molecular weight excluding hydrogens is 264 g/mol. The van der Waals surface area contributed by atoms with Crippen molar-refractivity contribution in [2.75, 3.05) is 26.2 Å². The van der Waals surface area contributed by atoms with Crippen LogP contribution in [0.15, 0.2) is 18.2 Å². The Kier molecular flexibility index (Phi) is 4.34. The molecule has 0 N–H and O–H groups in total. The van der Waals surface area contributed by atoms with Crippen molar-refractivity contribution in [2.45, 2.75) is 6.54 Å². The molecule has 0 atom stereocenters. The quantitative estimate of drug-likeness (QED) is 0.472. The van der Waals surface area contributed by atoms with Crippen LogP contribution in [0.2, 0.25) is 0 Å². The lowest BCUT2D eigenvalue weighted by atomic mass is 10.1. The summed E-state index contributed by atoms with van der Waals surface area (Å²) in [4.78, 5) is 24.5. The number of carbonyl (C=O) groups excluding carboxylic acids is 1. The number of rotatable bonds is 3. The Bertz CT molecular complexity index is 533. The number of nitro groups is 1. The Balaban J connectivity index is 1.99. The summed E-state index contributed by atoms with van der Waals surface area (Å²) in [7, 11) is 5.19. The Hall–Kier alpha value is -1.96. The van der Waals surface area contributed by atoms with Gasteiger partial charge in [0.15, 0.2) is 5.81 Å². The molecule has 1 amide bonds. The smallest absolute Gasteiger partial charge is 0.305 e. The zero-order chi connectivity index (χ0) is 14.7. The van der Waals surface area contributed by atoms with Crippen LogP contribution >= 0.6 is 0 Å². The third-order valence-electron chi connectivity index (χ3n) is 3.30. The molecule has 0 unspecified atom stereocenters. The largest absolute Gasteiger partial charge is 0.350 e. The van der Waals surface area contributed by atoms with Gasteiger partial charge in [0.05, 0.1) is 4.92 Å². The van der Waals surface area contributed by atoms with E-state index in [0.717, 1.165) is 6.07 Å². The van der Waals surface area contributed by atoms with Crippen molar-refractivity contribution in [3.8, 4) is 0 Å². The molecule has 0 aliphatic carbocycles. The van der Waals surface area contributed by atoms with Crippen LogP contribution in [-0.2, 0) is 6.54 Å². The van der Waals surface area contributed by atoms with Crippen molar-refractivity contribution in [3.63, 3.8) is 0 Å². The molecule has 0 bridgehead atoms. The van der Waals surface area contributed by atoms with Gasteiger partial charge in [-0.15, -0.1) is 0 Å². The fourth-order valence-electron chi connectivity index (χ4n) is 2.18. The summed E-state index contributed by atoms with van der Waals surface area (Å²) < 4.78 is 13.2. The van der Waals surface area contributed by atoms with E-state index in [1.807, 2.05) is 4.90 Å². The predicted octanol–water partition coefficient (Wildman–Crippen LogP) is 1.14. The van der Waals surface area contributed by atoms with E-state index in [0.29, 0.717) is 38.3 Å². The van der Waals surface area contributed by atoms with Crippen molar-refractivity contribution in [3.05, 3.63) is 39.7 Å². The molecule has 104 valence electrons. The number of hydrogen-bond acceptors (Lipinski definition) is 4. The molecule has 0 aromatic heterocycles. The van der Waals surface area contributed by atoms with Gasteiger partial charge in [0.2, 0.25) is 13.7 Å². The molecular formula is C12H13BFN3O3. The molecule has 6 nitrogen and oxygen atoms in total. The molecule has 0 saturated carbocycles. The SMILES string of the molecule is [B]C(=O)N1CCN(Cc2ccc(F)c([N+](=O)[O-])c2)CC1. The fourth-order valence-corrected chi connectivity index (χ4v) is 2.18. The van der Waals surface area contributed by atoms with E-state index in [1.54, 1.807) is 4.90 Å². The monoisotopic (exact) mass is 277 g/mol. The van der Waals surface area contributed by atoms with Gasteiger partial charge in [0.25, 0.3) is 0 Å². The molecule has 1 aromatic rings. The van der Waals surface area contributed by atoms with Crippen molar-refractivity contribution < 1.29 is 14.1 Å². The maximum Gasteiger partial charge on any atom is 0.305 e. The zero-order valence-electron chi connectivity index (χ0n) is 10.8. The number of piperazine rings is 1. The molecule has 0 spiro atoms. The number of hydrogen-bond donors (Lipinski definition) is 0. The lowest BCUT2D eigenvalue weighted by Gasteiger charge is -2.34. The Labute approximate surface area is 116 Å². The maximum atomic E-state index is 13.2. The molecule has 1 aliphatic rings. The van der Waals surface area contributed by atoms with E-state index in [4.69, 9.17) is 7.85 Å². The lowest BCUT2D eigenvalue weighted by Crippen LogP contribution is -2.47. The molecule has 1 saturated heterocycles. The highest BCUT2D eigenvalue weighted by atomic mass is 19.1. The van der Waals surface area contributed by atoms with Crippen molar-refractivity contribution in [1.29, 1.82) is 0 Å². The van der Waals surface area contributed by atoms with Crippen LogP contribution in [-0.4, -0.2) is 54.6 Å². The molecule has 1 fully saturated rings. The van der Waals surface area contributed by atoms with Crippen LogP contribution in [0, 0.1) is 15.9 Å². The molecule has 2 rings (SSSR count). The Morgan fingerprint density at radius 2 is 2.00 bits per heavy atom. The van der Waals surface area contributed by atoms with E-state index in [1.165, 1.54) is 12.1 Å². The highest BCUT2D eigenvalue weighted by Crippen LogP contribution is 2.20. The molecule has 1 aromatic carbocycles. The average molecular weight is 277 g/mol. The van der Waals surface area contributed by atoms with Crippen LogP contribution in [0.3, 0.4) is 0 Å². The maximum absolute atomic E-state index is 13.2. The first kappa shape index (κ1) is 14.5. The van der Waals surface area contributed by atoms with Crippen molar-refractivity contribution >= 4 is 19.3 Å². The van der Waals surface area contributed by atoms with Crippen molar-refractivity contribution in [1.82, 2.24) is 9.80 Å². The minimum absolute atomic E-state index is 0.443. The highest BCUT2D eigenvalue weighted by Gasteiger charge is 2.20.